The Balaban J connectivity index is 1.96. The standard InChI is InChI=1S/C13H11NO4S2/c15-13(16)12-7-10(8-20-12)19-6-5-9-3-1-2-4-11(9)14(17)18/h1-4,7-8H,5-6H2,(H,15,16). The third kappa shape index (κ3) is 3.58. The number of aromatic carboxylic acids is 1. The first-order valence-corrected chi connectivity index (χ1v) is 7.61. The van der Waals surface area contributed by atoms with Crippen molar-refractivity contribution in [2.75, 3.05) is 5.75 Å². The maximum Gasteiger partial charge on any atom is 0.345 e. The van der Waals surface area contributed by atoms with Gasteiger partial charge in [0.25, 0.3) is 5.69 Å². The third-order valence-corrected chi connectivity index (χ3v) is 4.66. The maximum absolute atomic E-state index is 10.9. The molecule has 7 heteroatoms. The quantitative estimate of drug-likeness (QED) is 0.500. The summed E-state index contributed by atoms with van der Waals surface area (Å²) in [6.45, 7) is 0. The van der Waals surface area contributed by atoms with E-state index in [2.05, 4.69) is 0 Å². The van der Waals surface area contributed by atoms with E-state index >= 15 is 0 Å². The number of carboxylic acid groups (broad SMARTS) is 1. The number of hydrogen-bond acceptors (Lipinski definition) is 5. The molecule has 0 aliphatic carbocycles. The monoisotopic (exact) mass is 309 g/mol. The normalized spacial score (nSPS) is 10.4. The first kappa shape index (κ1) is 14.5. The van der Waals surface area contributed by atoms with Crippen molar-refractivity contribution >= 4 is 34.8 Å². The highest BCUT2D eigenvalue weighted by Crippen LogP contribution is 2.27. The van der Waals surface area contributed by atoms with Crippen LogP contribution < -0.4 is 0 Å². The molecule has 0 atom stereocenters. The number of thiophene rings is 1. The van der Waals surface area contributed by atoms with Crippen molar-refractivity contribution in [1.29, 1.82) is 0 Å². The topological polar surface area (TPSA) is 80.4 Å². The van der Waals surface area contributed by atoms with E-state index in [0.29, 0.717) is 22.6 Å². The van der Waals surface area contributed by atoms with Crippen LogP contribution in [0.2, 0.25) is 0 Å². The smallest absolute Gasteiger partial charge is 0.345 e. The fraction of sp³-hybridized carbons (Fsp3) is 0.154. The van der Waals surface area contributed by atoms with Gasteiger partial charge in [-0.2, -0.15) is 0 Å². The van der Waals surface area contributed by atoms with Gasteiger partial charge in [-0.05, 0) is 12.5 Å². The molecule has 0 spiro atoms. The van der Waals surface area contributed by atoms with Crippen molar-refractivity contribution in [2.24, 2.45) is 0 Å². The molecular weight excluding hydrogens is 298 g/mol. The van der Waals surface area contributed by atoms with E-state index in [9.17, 15) is 14.9 Å². The minimum absolute atomic E-state index is 0.129. The molecule has 1 heterocycles. The lowest BCUT2D eigenvalue weighted by molar-refractivity contribution is -0.385. The minimum Gasteiger partial charge on any atom is -0.477 e. The second kappa shape index (κ2) is 6.53. The molecule has 0 unspecified atom stereocenters. The van der Waals surface area contributed by atoms with Crippen LogP contribution in [0.5, 0.6) is 0 Å². The first-order chi connectivity index (χ1) is 9.58. The summed E-state index contributed by atoms with van der Waals surface area (Å²) >= 11 is 2.68. The molecule has 1 aromatic carbocycles. The fourth-order valence-electron chi connectivity index (χ4n) is 1.69. The molecule has 20 heavy (non-hydrogen) atoms. The van der Waals surface area contributed by atoms with Crippen LogP contribution in [0.15, 0.2) is 40.6 Å². The van der Waals surface area contributed by atoms with Crippen LogP contribution in [0.4, 0.5) is 5.69 Å². The van der Waals surface area contributed by atoms with Gasteiger partial charge in [0.15, 0.2) is 0 Å². The predicted octanol–water partition coefficient (Wildman–Crippen LogP) is 3.69. The first-order valence-electron chi connectivity index (χ1n) is 5.75. The van der Waals surface area contributed by atoms with Crippen LogP contribution in [0.3, 0.4) is 0 Å². The van der Waals surface area contributed by atoms with Gasteiger partial charge in [0, 0.05) is 27.7 Å². The van der Waals surface area contributed by atoms with E-state index in [0.717, 1.165) is 4.90 Å². The van der Waals surface area contributed by atoms with Crippen LogP contribution in [-0.2, 0) is 6.42 Å². The fourth-order valence-corrected chi connectivity index (χ4v) is 3.54. The van der Waals surface area contributed by atoms with Gasteiger partial charge in [-0.25, -0.2) is 4.79 Å². The molecule has 0 aliphatic rings. The average Bonchev–Trinajstić information content (AvgIpc) is 2.88. The number of nitro benzene ring substituents is 1. The number of benzene rings is 1. The Morgan fingerprint density at radius 3 is 2.80 bits per heavy atom. The second-order valence-corrected chi connectivity index (χ2v) is 6.02. The zero-order chi connectivity index (χ0) is 14.5. The molecule has 1 N–H and O–H groups in total. The summed E-state index contributed by atoms with van der Waals surface area (Å²) in [6.07, 6.45) is 0.570. The Hall–Kier alpha value is -1.86. The Morgan fingerprint density at radius 2 is 2.15 bits per heavy atom. The lowest BCUT2D eigenvalue weighted by Crippen LogP contribution is -1.96. The molecule has 0 amide bonds. The summed E-state index contributed by atoms with van der Waals surface area (Å²) in [6, 6.07) is 8.28. The van der Waals surface area contributed by atoms with Crippen LogP contribution in [0, 0.1) is 10.1 Å². The van der Waals surface area contributed by atoms with Crippen molar-refractivity contribution in [3.63, 3.8) is 0 Å². The van der Waals surface area contributed by atoms with Crippen molar-refractivity contribution in [2.45, 2.75) is 11.3 Å². The number of nitrogens with zero attached hydrogens (tertiary/aromatic N) is 1. The second-order valence-electron chi connectivity index (χ2n) is 3.94. The molecule has 104 valence electrons. The Morgan fingerprint density at radius 1 is 1.40 bits per heavy atom. The van der Waals surface area contributed by atoms with Crippen LogP contribution in [0.25, 0.3) is 0 Å². The maximum atomic E-state index is 10.9. The summed E-state index contributed by atoms with van der Waals surface area (Å²) in [5.41, 5.74) is 0.823. The van der Waals surface area contributed by atoms with Crippen molar-refractivity contribution in [3.05, 3.63) is 56.3 Å². The molecule has 0 bridgehead atoms. The predicted molar refractivity (Wildman–Crippen MR) is 78.8 cm³/mol. The molecular formula is C13H11NO4S2. The SMILES string of the molecule is O=C(O)c1cc(SCCc2ccccc2[N+](=O)[O-])cs1. The largest absolute Gasteiger partial charge is 0.477 e. The summed E-state index contributed by atoms with van der Waals surface area (Å²) in [5, 5.41) is 21.5. The van der Waals surface area contributed by atoms with Crippen LogP contribution in [-0.4, -0.2) is 21.8 Å². The van der Waals surface area contributed by atoms with E-state index in [1.165, 1.54) is 29.2 Å². The molecule has 5 nitrogen and oxygen atoms in total. The van der Waals surface area contributed by atoms with Crippen LogP contribution in [0.1, 0.15) is 15.2 Å². The summed E-state index contributed by atoms with van der Waals surface area (Å²) in [4.78, 5) is 22.4. The number of thioether (sulfide) groups is 1. The number of carbonyl (C=O) groups is 1. The summed E-state index contributed by atoms with van der Waals surface area (Å²) in [5.74, 6) is -0.263. The number of rotatable bonds is 6. The molecule has 2 rings (SSSR count). The number of hydrogen-bond donors (Lipinski definition) is 1. The van der Waals surface area contributed by atoms with Gasteiger partial charge in [-0.3, -0.25) is 10.1 Å². The van der Waals surface area contributed by atoms with Gasteiger partial charge in [-0.15, -0.1) is 23.1 Å². The number of nitro groups is 1. The van der Waals surface area contributed by atoms with Gasteiger partial charge < -0.3 is 5.11 Å². The Labute approximate surface area is 123 Å². The van der Waals surface area contributed by atoms with Gasteiger partial charge >= 0.3 is 5.97 Å². The highest BCUT2D eigenvalue weighted by Gasteiger charge is 2.12. The molecule has 2 aromatic rings. The van der Waals surface area contributed by atoms with Gasteiger partial charge in [0.2, 0.25) is 0 Å². The van der Waals surface area contributed by atoms with Gasteiger partial charge in [0.05, 0.1) is 4.92 Å². The molecule has 0 fully saturated rings. The zero-order valence-corrected chi connectivity index (χ0v) is 11.9. The lowest BCUT2D eigenvalue weighted by Gasteiger charge is -2.01. The number of aryl methyl sites for hydroxylation is 1. The van der Waals surface area contributed by atoms with E-state index in [1.807, 2.05) is 0 Å². The number of para-hydroxylation sites is 1. The van der Waals surface area contributed by atoms with E-state index in [-0.39, 0.29) is 10.6 Å². The van der Waals surface area contributed by atoms with E-state index in [1.54, 1.807) is 29.6 Å². The minimum atomic E-state index is -0.930. The summed E-state index contributed by atoms with van der Waals surface area (Å²) < 4.78 is 0. The van der Waals surface area contributed by atoms with E-state index in [4.69, 9.17) is 5.11 Å². The van der Waals surface area contributed by atoms with Crippen LogP contribution >= 0.6 is 23.1 Å². The van der Waals surface area contributed by atoms with Gasteiger partial charge in [0.1, 0.15) is 4.88 Å². The van der Waals surface area contributed by atoms with Crippen molar-refractivity contribution in [1.82, 2.24) is 0 Å². The highest BCUT2D eigenvalue weighted by molar-refractivity contribution is 7.99. The summed E-state index contributed by atoms with van der Waals surface area (Å²) in [7, 11) is 0. The van der Waals surface area contributed by atoms with E-state index < -0.39 is 5.97 Å². The molecule has 0 saturated carbocycles. The number of carboxylic acids is 1. The lowest BCUT2D eigenvalue weighted by atomic mass is 10.1. The van der Waals surface area contributed by atoms with Crippen molar-refractivity contribution in [3.8, 4) is 0 Å². The highest BCUT2D eigenvalue weighted by atomic mass is 32.2. The third-order valence-electron chi connectivity index (χ3n) is 2.61. The van der Waals surface area contributed by atoms with Crippen molar-refractivity contribution < 1.29 is 14.8 Å². The average molecular weight is 309 g/mol. The molecule has 0 aliphatic heterocycles. The Kier molecular flexibility index (Phi) is 4.75. The molecule has 1 aromatic heterocycles. The molecule has 0 saturated heterocycles. The Bertz CT molecular complexity index is 639. The van der Waals surface area contributed by atoms with Gasteiger partial charge in [-0.1, -0.05) is 18.2 Å². The zero-order valence-electron chi connectivity index (χ0n) is 10.3. The molecule has 0 radical (unpaired) electrons.